The van der Waals surface area contributed by atoms with Gasteiger partial charge in [-0.3, -0.25) is 9.59 Å². The highest BCUT2D eigenvalue weighted by Gasteiger charge is 2.30. The van der Waals surface area contributed by atoms with Crippen molar-refractivity contribution in [2.24, 2.45) is 0 Å². The van der Waals surface area contributed by atoms with Crippen molar-refractivity contribution in [3.05, 3.63) is 89.0 Å². The van der Waals surface area contributed by atoms with E-state index in [-0.39, 0.29) is 5.91 Å². The Hall–Kier alpha value is -3.75. The van der Waals surface area contributed by atoms with E-state index >= 15 is 0 Å². The van der Waals surface area contributed by atoms with Crippen LogP contribution < -0.4 is 16.4 Å². The lowest BCUT2D eigenvalue weighted by Gasteiger charge is -2.24. The Kier molecular flexibility index (Phi) is 7.14. The van der Waals surface area contributed by atoms with E-state index in [2.05, 4.69) is 29.5 Å². The van der Waals surface area contributed by atoms with E-state index in [9.17, 15) is 14.7 Å². The van der Waals surface area contributed by atoms with Gasteiger partial charge in [-0.1, -0.05) is 67.1 Å². The number of hydrogen-bond donors (Lipinski definition) is 4. The van der Waals surface area contributed by atoms with Crippen molar-refractivity contribution in [3.63, 3.8) is 0 Å². The van der Waals surface area contributed by atoms with Gasteiger partial charge in [0.15, 0.2) is 11.2 Å². The molecule has 0 aliphatic rings. The Morgan fingerprint density at radius 3 is 2.43 bits per heavy atom. The maximum Gasteiger partial charge on any atom is 0.255 e. The van der Waals surface area contributed by atoms with Crippen LogP contribution in [0, 0.1) is 6.92 Å². The topological polar surface area (TPSA) is 117 Å². The number of aromatic nitrogens is 1. The van der Waals surface area contributed by atoms with Crippen LogP contribution in [0.25, 0.3) is 10.2 Å². The molecule has 180 valence electrons. The summed E-state index contributed by atoms with van der Waals surface area (Å²) in [5.74, 6) is -0.665. The number of nitrogen functional groups attached to an aromatic ring is 1. The molecule has 2 amide bonds. The average Bonchev–Trinajstić information content (AvgIpc) is 3.21. The molecule has 3 aromatic carbocycles. The van der Waals surface area contributed by atoms with E-state index in [0.717, 1.165) is 21.3 Å². The summed E-state index contributed by atoms with van der Waals surface area (Å²) in [5.41, 5.74) is 10.2. The lowest BCUT2D eigenvalue weighted by atomic mass is 9.97. The fourth-order valence-electron chi connectivity index (χ4n) is 3.84. The van der Waals surface area contributed by atoms with Gasteiger partial charge in [-0.05, 0) is 54.3 Å². The molecule has 4 aromatic rings. The van der Waals surface area contributed by atoms with Gasteiger partial charge in [0.2, 0.25) is 0 Å². The minimum Gasteiger partial charge on any atom is -0.381 e. The van der Waals surface area contributed by atoms with Gasteiger partial charge in [0, 0.05) is 11.3 Å². The Bertz CT molecular complexity index is 1360. The molecule has 0 saturated heterocycles. The van der Waals surface area contributed by atoms with Crippen molar-refractivity contribution in [1.29, 1.82) is 0 Å². The predicted octanol–water partition coefficient (Wildman–Crippen LogP) is 4.78. The third kappa shape index (κ3) is 5.67. The van der Waals surface area contributed by atoms with Crippen molar-refractivity contribution in [1.82, 2.24) is 10.3 Å². The second kappa shape index (κ2) is 10.2. The lowest BCUT2D eigenvalue weighted by Crippen LogP contribution is -2.42. The third-order valence-electron chi connectivity index (χ3n) is 5.78. The molecule has 1 aromatic heterocycles. The van der Waals surface area contributed by atoms with Gasteiger partial charge in [0.1, 0.15) is 0 Å². The number of nitrogens with two attached hydrogens (primary N) is 1. The molecule has 8 heteroatoms. The molecule has 1 heterocycles. The summed E-state index contributed by atoms with van der Waals surface area (Å²) < 4.78 is 0.822. The molecule has 0 spiro atoms. The number of amides is 2. The normalized spacial score (nSPS) is 12.9. The van der Waals surface area contributed by atoms with Gasteiger partial charge < -0.3 is 21.5 Å². The molecule has 0 bridgehead atoms. The zero-order chi connectivity index (χ0) is 25.1. The second-order valence-electron chi connectivity index (χ2n) is 8.81. The number of carbonyl (C=O) groups excluding carboxylic acids is 2. The van der Waals surface area contributed by atoms with E-state index in [0.29, 0.717) is 27.9 Å². The first kappa shape index (κ1) is 24.4. The minimum atomic E-state index is -1.53. The average molecular weight is 489 g/mol. The van der Waals surface area contributed by atoms with Crippen LogP contribution in [0.5, 0.6) is 0 Å². The molecular formula is C27H28N4O3S. The van der Waals surface area contributed by atoms with Crippen LogP contribution >= 0.6 is 11.3 Å². The molecule has 0 aliphatic carbocycles. The van der Waals surface area contributed by atoms with Crippen LogP contribution in [0.15, 0.2) is 66.7 Å². The summed E-state index contributed by atoms with van der Waals surface area (Å²) in [6.07, 6.45) is -1.53. The van der Waals surface area contributed by atoms with Gasteiger partial charge in [0.05, 0.1) is 16.3 Å². The number of benzene rings is 3. The van der Waals surface area contributed by atoms with Crippen molar-refractivity contribution < 1.29 is 14.7 Å². The number of rotatable bonds is 7. The first-order valence-electron chi connectivity index (χ1n) is 11.3. The molecule has 2 unspecified atom stereocenters. The Morgan fingerprint density at radius 1 is 1.00 bits per heavy atom. The highest BCUT2D eigenvalue weighted by atomic mass is 32.1. The van der Waals surface area contributed by atoms with Gasteiger partial charge in [-0.25, -0.2) is 4.98 Å². The third-order valence-corrected chi connectivity index (χ3v) is 6.63. The van der Waals surface area contributed by atoms with Crippen LogP contribution in [0.3, 0.4) is 0 Å². The Morgan fingerprint density at radius 2 is 1.74 bits per heavy atom. The number of aliphatic hydroxyl groups excluding tert-OH is 1. The van der Waals surface area contributed by atoms with Crippen LogP contribution in [-0.4, -0.2) is 28.0 Å². The first-order chi connectivity index (χ1) is 16.7. The summed E-state index contributed by atoms with van der Waals surface area (Å²) in [4.78, 5) is 30.3. The van der Waals surface area contributed by atoms with Crippen LogP contribution in [-0.2, 0) is 4.79 Å². The molecule has 5 N–H and O–H groups in total. The summed E-state index contributed by atoms with van der Waals surface area (Å²) >= 11 is 1.31. The quantitative estimate of drug-likeness (QED) is 0.299. The number of nitrogens with one attached hydrogen (secondary N) is 2. The Balaban J connectivity index is 1.57. The van der Waals surface area contributed by atoms with Gasteiger partial charge >= 0.3 is 0 Å². The Labute approximate surface area is 208 Å². The molecule has 2 atom stereocenters. The number of aryl methyl sites for hydroxylation is 1. The van der Waals surface area contributed by atoms with Gasteiger partial charge in [-0.15, -0.1) is 0 Å². The van der Waals surface area contributed by atoms with Crippen molar-refractivity contribution in [2.45, 2.75) is 38.8 Å². The van der Waals surface area contributed by atoms with E-state index in [4.69, 9.17) is 5.73 Å². The largest absolute Gasteiger partial charge is 0.381 e. The zero-order valence-corrected chi connectivity index (χ0v) is 20.6. The SMILES string of the molecule is Cc1cccc(C(NC(=O)c2ccc(C(C)C)cc2)C(O)C(=O)Nc2ccc3nc(N)sc3c2)c1. The molecule has 7 nitrogen and oxygen atoms in total. The molecule has 0 fully saturated rings. The van der Waals surface area contributed by atoms with Crippen molar-refractivity contribution in [3.8, 4) is 0 Å². The first-order valence-corrected chi connectivity index (χ1v) is 12.2. The summed E-state index contributed by atoms with van der Waals surface area (Å²) in [6, 6.07) is 18.9. The fraction of sp³-hybridized carbons (Fsp3) is 0.222. The predicted molar refractivity (Wildman–Crippen MR) is 141 cm³/mol. The molecule has 4 rings (SSSR count). The molecule has 35 heavy (non-hydrogen) atoms. The highest BCUT2D eigenvalue weighted by Crippen LogP contribution is 2.27. The van der Waals surface area contributed by atoms with Crippen LogP contribution in [0.2, 0.25) is 0 Å². The van der Waals surface area contributed by atoms with Crippen LogP contribution in [0.1, 0.15) is 52.9 Å². The van der Waals surface area contributed by atoms with Gasteiger partial charge in [-0.2, -0.15) is 0 Å². The van der Waals surface area contributed by atoms with Crippen molar-refractivity contribution in [2.75, 3.05) is 11.1 Å². The number of nitrogens with zero attached hydrogens (tertiary/aromatic N) is 1. The zero-order valence-electron chi connectivity index (χ0n) is 19.8. The number of thiazole rings is 1. The van der Waals surface area contributed by atoms with Gasteiger partial charge in [0.25, 0.3) is 11.8 Å². The second-order valence-corrected chi connectivity index (χ2v) is 9.87. The maximum absolute atomic E-state index is 13.1. The summed E-state index contributed by atoms with van der Waals surface area (Å²) in [6.45, 7) is 6.08. The van der Waals surface area contributed by atoms with Crippen molar-refractivity contribution >= 4 is 44.2 Å². The minimum absolute atomic E-state index is 0.346. The van der Waals surface area contributed by atoms with E-state index in [1.165, 1.54) is 11.3 Å². The summed E-state index contributed by atoms with van der Waals surface area (Å²) in [7, 11) is 0. The molecule has 0 saturated carbocycles. The number of hydrogen-bond acceptors (Lipinski definition) is 6. The smallest absolute Gasteiger partial charge is 0.255 e. The molecule has 0 radical (unpaired) electrons. The number of carbonyl (C=O) groups is 2. The standard InChI is InChI=1S/C27H28N4O3S/c1-15(2)17-7-9-18(10-8-17)25(33)31-23(19-6-4-5-16(3)13-19)24(32)26(34)29-20-11-12-21-22(14-20)35-27(28)30-21/h4-15,23-24,32H,1-3H3,(H2,28,30)(H,29,34)(H,31,33). The van der Waals surface area contributed by atoms with E-state index < -0.39 is 18.1 Å². The molecular weight excluding hydrogens is 460 g/mol. The highest BCUT2D eigenvalue weighted by molar-refractivity contribution is 7.22. The van der Waals surface area contributed by atoms with E-state index in [1.54, 1.807) is 36.4 Å². The summed E-state index contributed by atoms with van der Waals surface area (Å²) in [5, 5.41) is 17.1. The number of aliphatic hydroxyl groups is 1. The fourth-order valence-corrected chi connectivity index (χ4v) is 4.61. The molecule has 0 aliphatic heterocycles. The lowest BCUT2D eigenvalue weighted by molar-refractivity contribution is -0.125. The number of anilines is 2. The van der Waals surface area contributed by atoms with Crippen LogP contribution in [0.4, 0.5) is 10.8 Å². The number of fused-ring (bicyclic) bond motifs is 1. The monoisotopic (exact) mass is 488 g/mol. The maximum atomic E-state index is 13.1. The van der Waals surface area contributed by atoms with E-state index in [1.807, 2.05) is 37.3 Å².